The lowest BCUT2D eigenvalue weighted by Crippen LogP contribution is -2.46. The van der Waals surface area contributed by atoms with Crippen molar-refractivity contribution < 1.29 is 12.7 Å². The van der Waals surface area contributed by atoms with Gasteiger partial charge in [-0.05, 0) is 53.1 Å². The summed E-state index contributed by atoms with van der Waals surface area (Å²) in [4.78, 5) is 0. The van der Waals surface area contributed by atoms with Gasteiger partial charge >= 0.3 is 9.53 Å². The van der Waals surface area contributed by atoms with E-state index in [0.717, 1.165) is 0 Å². The molecule has 0 aromatic carbocycles. The van der Waals surface area contributed by atoms with Crippen LogP contribution in [0.1, 0.15) is 13.8 Å². The molecule has 0 aliphatic carbocycles. The van der Waals surface area contributed by atoms with E-state index in [4.69, 9.17) is 12.7 Å². The summed E-state index contributed by atoms with van der Waals surface area (Å²) in [5.74, 6) is 0. The SMILES string of the molecule is CC(C)O[Si](O[Si](C)(C)C)O[Si](C)(C)C. The smallest absolute Gasteiger partial charge is 0.414 e. The molecular weight excluding hydrogens is 240 g/mol. The molecule has 0 aromatic rings. The molecule has 0 aliphatic heterocycles. The lowest BCUT2D eigenvalue weighted by atomic mass is 10.5. The normalized spacial score (nSPS) is 14.0. The van der Waals surface area contributed by atoms with Crippen LogP contribution in [-0.4, -0.2) is 32.3 Å². The maximum absolute atomic E-state index is 5.96. The second kappa shape index (κ2) is 5.74. The third-order valence-corrected chi connectivity index (χ3v) is 8.01. The van der Waals surface area contributed by atoms with Gasteiger partial charge in [0.15, 0.2) is 16.6 Å². The Morgan fingerprint density at radius 3 is 1.33 bits per heavy atom. The molecule has 0 spiro atoms. The Bertz CT molecular complexity index is 168. The average molecular weight is 266 g/mol. The minimum atomic E-state index is -1.57. The molecule has 0 heterocycles. The lowest BCUT2D eigenvalue weighted by molar-refractivity contribution is 0.151. The van der Waals surface area contributed by atoms with E-state index in [-0.39, 0.29) is 6.10 Å². The number of hydrogen-bond donors (Lipinski definition) is 0. The van der Waals surface area contributed by atoms with Crippen LogP contribution in [0.25, 0.3) is 0 Å². The summed E-state index contributed by atoms with van der Waals surface area (Å²) in [7, 11) is -4.67. The molecule has 0 saturated carbocycles. The van der Waals surface area contributed by atoms with Gasteiger partial charge in [0.2, 0.25) is 0 Å². The molecule has 0 atom stereocenters. The van der Waals surface area contributed by atoms with Crippen molar-refractivity contribution in [3.8, 4) is 0 Å². The molecule has 0 unspecified atom stereocenters. The summed E-state index contributed by atoms with van der Waals surface area (Å²) >= 11 is 0. The fourth-order valence-corrected chi connectivity index (χ4v) is 6.07. The fourth-order valence-electron chi connectivity index (χ4n) is 0.761. The van der Waals surface area contributed by atoms with Crippen LogP contribution in [0.3, 0.4) is 0 Å². The van der Waals surface area contributed by atoms with Gasteiger partial charge < -0.3 is 12.7 Å². The molecule has 0 aromatic heterocycles. The van der Waals surface area contributed by atoms with Crippen molar-refractivity contribution in [3.05, 3.63) is 0 Å². The van der Waals surface area contributed by atoms with Crippen LogP contribution in [-0.2, 0) is 12.7 Å². The van der Waals surface area contributed by atoms with Crippen molar-refractivity contribution >= 4 is 26.2 Å². The van der Waals surface area contributed by atoms with E-state index in [0.29, 0.717) is 0 Å². The Hall–Kier alpha value is 0.531. The van der Waals surface area contributed by atoms with Gasteiger partial charge in [0.25, 0.3) is 0 Å². The lowest BCUT2D eigenvalue weighted by Gasteiger charge is -2.29. The highest BCUT2D eigenvalue weighted by atomic mass is 28.5. The molecule has 0 fully saturated rings. The molecule has 0 aliphatic rings. The van der Waals surface area contributed by atoms with Crippen molar-refractivity contribution in [2.24, 2.45) is 0 Å². The van der Waals surface area contributed by atoms with Crippen molar-refractivity contribution in [2.75, 3.05) is 0 Å². The predicted octanol–water partition coefficient (Wildman–Crippen LogP) is 3.10. The van der Waals surface area contributed by atoms with Crippen LogP contribution in [0.5, 0.6) is 0 Å². The summed E-state index contributed by atoms with van der Waals surface area (Å²) in [6.45, 7) is 17.0. The first kappa shape index (κ1) is 15.5. The van der Waals surface area contributed by atoms with Gasteiger partial charge in [-0.25, -0.2) is 0 Å². The minimum Gasteiger partial charge on any atom is -0.414 e. The Morgan fingerprint density at radius 1 is 0.800 bits per heavy atom. The third kappa shape index (κ3) is 10.8. The van der Waals surface area contributed by atoms with Crippen LogP contribution in [0, 0.1) is 0 Å². The van der Waals surface area contributed by atoms with E-state index in [2.05, 4.69) is 39.3 Å². The average Bonchev–Trinajstić information content (AvgIpc) is 1.73. The van der Waals surface area contributed by atoms with E-state index in [1.54, 1.807) is 0 Å². The van der Waals surface area contributed by atoms with Gasteiger partial charge in [0.05, 0.1) is 0 Å². The quantitative estimate of drug-likeness (QED) is 0.691. The van der Waals surface area contributed by atoms with E-state index < -0.39 is 26.2 Å². The van der Waals surface area contributed by atoms with Crippen LogP contribution < -0.4 is 0 Å². The van der Waals surface area contributed by atoms with Crippen molar-refractivity contribution in [2.45, 2.75) is 59.2 Å². The van der Waals surface area contributed by atoms with E-state index >= 15 is 0 Å². The standard InChI is InChI=1S/C9H25O3Si3/c1-9(2)10-13(11-14(3,4)5)12-15(6,7)8/h9H,1-8H3. The molecule has 0 saturated heterocycles. The van der Waals surface area contributed by atoms with Gasteiger partial charge in [0.1, 0.15) is 0 Å². The van der Waals surface area contributed by atoms with Crippen LogP contribution in [0.2, 0.25) is 39.3 Å². The van der Waals surface area contributed by atoms with Gasteiger partial charge in [-0.3, -0.25) is 0 Å². The molecule has 6 heteroatoms. The minimum absolute atomic E-state index is 0.173. The van der Waals surface area contributed by atoms with E-state index in [1.807, 2.05) is 13.8 Å². The van der Waals surface area contributed by atoms with Crippen LogP contribution >= 0.6 is 0 Å². The summed E-state index contributed by atoms with van der Waals surface area (Å²) in [6, 6.07) is 0. The highest BCUT2D eigenvalue weighted by molar-refractivity contribution is 6.79. The molecule has 15 heavy (non-hydrogen) atoms. The first-order chi connectivity index (χ1) is 6.49. The largest absolute Gasteiger partial charge is 0.555 e. The third-order valence-electron chi connectivity index (χ3n) is 1.11. The van der Waals surface area contributed by atoms with Gasteiger partial charge in [-0.15, -0.1) is 0 Å². The molecular formula is C9H25O3Si3. The number of rotatable bonds is 6. The second-order valence-corrected chi connectivity index (χ2v) is 16.7. The van der Waals surface area contributed by atoms with Crippen molar-refractivity contribution in [1.82, 2.24) is 0 Å². The molecule has 3 nitrogen and oxygen atoms in total. The Balaban J connectivity index is 4.32. The fraction of sp³-hybridized carbons (Fsp3) is 1.00. The molecule has 0 N–H and O–H groups in total. The van der Waals surface area contributed by atoms with Crippen LogP contribution in [0.4, 0.5) is 0 Å². The predicted molar refractivity (Wildman–Crippen MR) is 70.8 cm³/mol. The molecule has 0 amide bonds. The highest BCUT2D eigenvalue weighted by Crippen LogP contribution is 2.13. The summed E-state index contributed by atoms with van der Waals surface area (Å²) in [5.41, 5.74) is 0. The van der Waals surface area contributed by atoms with Crippen molar-refractivity contribution in [1.29, 1.82) is 0 Å². The molecule has 91 valence electrons. The maximum Gasteiger partial charge on any atom is 0.555 e. The Labute approximate surface area is 98.4 Å². The monoisotopic (exact) mass is 265 g/mol. The zero-order valence-corrected chi connectivity index (χ0v) is 14.3. The summed E-state index contributed by atoms with van der Waals surface area (Å²) in [5, 5.41) is 0. The molecule has 0 rings (SSSR count). The van der Waals surface area contributed by atoms with Crippen LogP contribution in [0.15, 0.2) is 0 Å². The van der Waals surface area contributed by atoms with E-state index in [9.17, 15) is 0 Å². The highest BCUT2D eigenvalue weighted by Gasteiger charge is 2.33. The summed E-state index contributed by atoms with van der Waals surface area (Å²) < 4.78 is 17.6. The second-order valence-electron chi connectivity index (χ2n) is 5.85. The molecule has 0 bridgehead atoms. The molecule has 1 radical (unpaired) electrons. The Kier molecular flexibility index (Phi) is 5.94. The maximum atomic E-state index is 5.96. The van der Waals surface area contributed by atoms with Gasteiger partial charge in [0, 0.05) is 6.10 Å². The van der Waals surface area contributed by atoms with Crippen molar-refractivity contribution in [3.63, 3.8) is 0 Å². The van der Waals surface area contributed by atoms with Gasteiger partial charge in [-0.2, -0.15) is 0 Å². The topological polar surface area (TPSA) is 27.7 Å². The number of hydrogen-bond acceptors (Lipinski definition) is 3. The summed E-state index contributed by atoms with van der Waals surface area (Å²) in [6.07, 6.45) is 0.173. The first-order valence-corrected chi connectivity index (χ1v) is 13.5. The van der Waals surface area contributed by atoms with Gasteiger partial charge in [-0.1, -0.05) is 0 Å². The first-order valence-electron chi connectivity index (χ1n) is 5.41. The Morgan fingerprint density at radius 2 is 1.13 bits per heavy atom. The zero-order chi connectivity index (χ0) is 12.3. The zero-order valence-electron chi connectivity index (χ0n) is 11.3. The van der Waals surface area contributed by atoms with E-state index in [1.165, 1.54) is 0 Å².